The third kappa shape index (κ3) is 3.68. The summed E-state index contributed by atoms with van der Waals surface area (Å²) in [5, 5.41) is 3.45. The summed E-state index contributed by atoms with van der Waals surface area (Å²) in [6.45, 7) is 4.97. The highest BCUT2D eigenvalue weighted by atomic mass is 79.9. The van der Waals surface area contributed by atoms with Crippen LogP contribution in [0.25, 0.3) is 0 Å². The average molecular weight is 401 g/mol. The molecule has 0 saturated heterocycles. The van der Waals surface area contributed by atoms with Crippen molar-refractivity contribution in [3.8, 4) is 0 Å². The lowest BCUT2D eigenvalue weighted by molar-refractivity contribution is 0.608. The molecule has 0 radical (unpaired) electrons. The van der Waals surface area contributed by atoms with Crippen molar-refractivity contribution >= 4 is 31.9 Å². The minimum atomic E-state index is -0.241. The van der Waals surface area contributed by atoms with Gasteiger partial charge in [-0.25, -0.2) is 4.39 Å². The van der Waals surface area contributed by atoms with Gasteiger partial charge in [0.15, 0.2) is 0 Å². The Morgan fingerprint density at radius 2 is 1.85 bits per heavy atom. The van der Waals surface area contributed by atoms with Gasteiger partial charge in [0.1, 0.15) is 5.82 Å². The molecule has 1 N–H and O–H groups in total. The number of hydrogen-bond acceptors (Lipinski definition) is 1. The number of aryl methyl sites for hydroxylation is 1. The molecule has 2 aromatic carbocycles. The average Bonchev–Trinajstić information content (AvgIpc) is 2.38. The van der Waals surface area contributed by atoms with E-state index in [1.165, 1.54) is 11.6 Å². The first-order chi connectivity index (χ1) is 9.51. The SMILES string of the molecule is CCNC(c1cc(C)cc(Br)c1)c1ccc(F)c(Br)c1. The van der Waals surface area contributed by atoms with Gasteiger partial charge in [0.25, 0.3) is 0 Å². The lowest BCUT2D eigenvalue weighted by Crippen LogP contribution is -2.22. The molecule has 1 nitrogen and oxygen atoms in total. The highest BCUT2D eigenvalue weighted by molar-refractivity contribution is 9.10. The lowest BCUT2D eigenvalue weighted by Gasteiger charge is -2.20. The Kier molecular flexibility index (Phi) is 5.35. The molecule has 0 amide bonds. The number of halogens is 3. The Labute approximate surface area is 135 Å². The first-order valence-electron chi connectivity index (χ1n) is 6.46. The van der Waals surface area contributed by atoms with Gasteiger partial charge in [-0.1, -0.05) is 35.0 Å². The molecule has 0 heterocycles. The highest BCUT2D eigenvalue weighted by Crippen LogP contribution is 2.28. The molecule has 1 unspecified atom stereocenters. The van der Waals surface area contributed by atoms with E-state index >= 15 is 0 Å². The molecule has 0 saturated carbocycles. The molecule has 0 aliphatic carbocycles. The van der Waals surface area contributed by atoms with E-state index in [4.69, 9.17) is 0 Å². The molecule has 0 aromatic heterocycles. The smallest absolute Gasteiger partial charge is 0.137 e. The van der Waals surface area contributed by atoms with Gasteiger partial charge in [-0.05, 0) is 70.4 Å². The summed E-state index contributed by atoms with van der Waals surface area (Å²) in [4.78, 5) is 0. The Morgan fingerprint density at radius 3 is 2.45 bits per heavy atom. The summed E-state index contributed by atoms with van der Waals surface area (Å²) < 4.78 is 14.9. The number of nitrogens with one attached hydrogen (secondary N) is 1. The molecule has 0 aliphatic rings. The van der Waals surface area contributed by atoms with Crippen molar-refractivity contribution in [3.63, 3.8) is 0 Å². The zero-order chi connectivity index (χ0) is 14.7. The van der Waals surface area contributed by atoms with Crippen molar-refractivity contribution in [2.75, 3.05) is 6.54 Å². The molecule has 2 aromatic rings. The van der Waals surface area contributed by atoms with Crippen LogP contribution >= 0.6 is 31.9 Å². The van der Waals surface area contributed by atoms with Crippen LogP contribution in [-0.2, 0) is 0 Å². The predicted octanol–water partition coefficient (Wildman–Crippen LogP) is 5.36. The first kappa shape index (κ1) is 15.7. The Balaban J connectivity index is 2.46. The van der Waals surface area contributed by atoms with Gasteiger partial charge >= 0.3 is 0 Å². The maximum absolute atomic E-state index is 13.4. The molecular formula is C16H16Br2FN. The number of hydrogen-bond donors (Lipinski definition) is 1. The lowest BCUT2D eigenvalue weighted by atomic mass is 9.97. The molecule has 4 heteroatoms. The molecule has 2 rings (SSSR count). The van der Waals surface area contributed by atoms with Crippen molar-refractivity contribution in [2.45, 2.75) is 19.9 Å². The Hall–Kier alpha value is -0.710. The van der Waals surface area contributed by atoms with Crippen LogP contribution in [0, 0.1) is 12.7 Å². The first-order valence-corrected chi connectivity index (χ1v) is 8.05. The second-order valence-electron chi connectivity index (χ2n) is 4.73. The summed E-state index contributed by atoms with van der Waals surface area (Å²) in [7, 11) is 0. The topological polar surface area (TPSA) is 12.0 Å². The molecule has 0 bridgehead atoms. The largest absolute Gasteiger partial charge is 0.307 e. The van der Waals surface area contributed by atoms with E-state index in [0.29, 0.717) is 4.47 Å². The monoisotopic (exact) mass is 399 g/mol. The Bertz CT molecular complexity index is 593. The maximum atomic E-state index is 13.4. The van der Waals surface area contributed by atoms with Crippen molar-refractivity contribution in [1.82, 2.24) is 5.32 Å². The van der Waals surface area contributed by atoms with Gasteiger partial charge in [0, 0.05) is 4.47 Å². The van der Waals surface area contributed by atoms with Gasteiger partial charge in [-0.2, -0.15) is 0 Å². The molecular weight excluding hydrogens is 385 g/mol. The van der Waals surface area contributed by atoms with Gasteiger partial charge < -0.3 is 5.32 Å². The van der Waals surface area contributed by atoms with E-state index in [1.807, 2.05) is 12.1 Å². The van der Waals surface area contributed by atoms with Crippen molar-refractivity contribution in [3.05, 3.63) is 67.9 Å². The number of rotatable bonds is 4. The van der Waals surface area contributed by atoms with Crippen molar-refractivity contribution in [2.24, 2.45) is 0 Å². The van der Waals surface area contributed by atoms with Crippen LogP contribution in [0.1, 0.15) is 29.7 Å². The van der Waals surface area contributed by atoms with E-state index in [1.54, 1.807) is 0 Å². The van der Waals surface area contributed by atoms with E-state index in [0.717, 1.165) is 22.1 Å². The summed E-state index contributed by atoms with van der Waals surface area (Å²) in [6, 6.07) is 11.5. The number of benzene rings is 2. The predicted molar refractivity (Wildman–Crippen MR) is 88.5 cm³/mol. The van der Waals surface area contributed by atoms with Crippen LogP contribution in [0.4, 0.5) is 4.39 Å². The zero-order valence-corrected chi connectivity index (χ0v) is 14.6. The van der Waals surface area contributed by atoms with Crippen LogP contribution < -0.4 is 5.32 Å². The third-order valence-electron chi connectivity index (χ3n) is 3.08. The summed E-state index contributed by atoms with van der Waals surface area (Å²) in [6.07, 6.45) is 0. The second-order valence-corrected chi connectivity index (χ2v) is 6.50. The summed E-state index contributed by atoms with van der Waals surface area (Å²) >= 11 is 6.79. The van der Waals surface area contributed by atoms with Crippen LogP contribution in [0.5, 0.6) is 0 Å². The minimum Gasteiger partial charge on any atom is -0.307 e. The van der Waals surface area contributed by atoms with Gasteiger partial charge in [0.05, 0.1) is 10.5 Å². The summed E-state index contributed by atoms with van der Waals surface area (Å²) in [5.74, 6) is -0.241. The summed E-state index contributed by atoms with van der Waals surface area (Å²) in [5.41, 5.74) is 3.40. The molecule has 0 aliphatic heterocycles. The maximum Gasteiger partial charge on any atom is 0.137 e. The Morgan fingerprint density at radius 1 is 1.10 bits per heavy atom. The minimum absolute atomic E-state index is 0.0492. The van der Waals surface area contributed by atoms with Gasteiger partial charge in [-0.3, -0.25) is 0 Å². The van der Waals surface area contributed by atoms with Crippen molar-refractivity contribution in [1.29, 1.82) is 0 Å². The molecule has 106 valence electrons. The van der Waals surface area contributed by atoms with Crippen molar-refractivity contribution < 1.29 is 4.39 Å². The standard InChI is InChI=1S/C16H16Br2FN/c1-3-20-16(11-4-5-15(19)14(18)9-11)12-6-10(2)7-13(17)8-12/h4-9,16,20H,3H2,1-2H3. The third-order valence-corrected chi connectivity index (χ3v) is 4.15. The van der Waals surface area contributed by atoms with Crippen LogP contribution in [0.15, 0.2) is 45.3 Å². The van der Waals surface area contributed by atoms with E-state index in [-0.39, 0.29) is 11.9 Å². The normalized spacial score (nSPS) is 12.4. The fourth-order valence-corrected chi connectivity index (χ4v) is 3.28. The van der Waals surface area contributed by atoms with E-state index in [9.17, 15) is 4.39 Å². The highest BCUT2D eigenvalue weighted by Gasteiger charge is 2.15. The fourth-order valence-electron chi connectivity index (χ4n) is 2.26. The quantitative estimate of drug-likeness (QED) is 0.728. The van der Waals surface area contributed by atoms with Gasteiger partial charge in [-0.15, -0.1) is 0 Å². The molecule has 0 fully saturated rings. The molecule has 20 heavy (non-hydrogen) atoms. The second kappa shape index (κ2) is 6.83. The zero-order valence-electron chi connectivity index (χ0n) is 11.4. The fraction of sp³-hybridized carbons (Fsp3) is 0.250. The van der Waals surface area contributed by atoms with Crippen LogP contribution in [0.3, 0.4) is 0 Å². The van der Waals surface area contributed by atoms with Gasteiger partial charge in [0.2, 0.25) is 0 Å². The van der Waals surface area contributed by atoms with E-state index in [2.05, 4.69) is 69.2 Å². The molecule has 1 atom stereocenters. The van der Waals surface area contributed by atoms with E-state index < -0.39 is 0 Å². The van der Waals surface area contributed by atoms with Crippen LogP contribution in [-0.4, -0.2) is 6.54 Å². The van der Waals surface area contributed by atoms with Crippen LogP contribution in [0.2, 0.25) is 0 Å². The molecule has 0 spiro atoms.